The van der Waals surface area contributed by atoms with Crippen LogP contribution in [0.1, 0.15) is 233 Å². The van der Waals surface area contributed by atoms with Crippen molar-refractivity contribution in [3.63, 3.8) is 0 Å². The Morgan fingerprint density at radius 2 is 1.00 bits per heavy atom. The average molecular weight is 1390 g/mol. The van der Waals surface area contributed by atoms with Gasteiger partial charge in [-0.1, -0.05) is 187 Å². The number of carbonyl (C=O) groups excluding carboxylic acids is 3. The molecular formula is C68H124N2O26. The molecule has 4 heterocycles. The van der Waals surface area contributed by atoms with Gasteiger partial charge in [-0.15, -0.1) is 0 Å². The molecule has 4 aliphatic heterocycles. The molecule has 96 heavy (non-hydrogen) atoms. The topological polar surface area (TPSA) is 449 Å². The molecule has 4 aliphatic rings. The van der Waals surface area contributed by atoms with E-state index >= 15 is 0 Å². The van der Waals surface area contributed by atoms with Gasteiger partial charge in [0.15, 0.2) is 18.9 Å². The minimum atomic E-state index is -3.26. The van der Waals surface area contributed by atoms with E-state index in [4.69, 9.17) is 37.9 Å². The molecule has 23 atom stereocenters. The van der Waals surface area contributed by atoms with Crippen LogP contribution in [-0.2, 0) is 57.1 Å². The van der Waals surface area contributed by atoms with Crippen molar-refractivity contribution < 1.29 is 129 Å². The fourth-order valence-corrected chi connectivity index (χ4v) is 13.4. The maximum atomic E-state index is 13.6. The Hall–Kier alpha value is -2.76. The largest absolute Gasteiger partial charge is 0.477 e. The Balaban J connectivity index is 1.53. The Bertz CT molecular complexity index is 2120. The number of rotatable bonds is 51. The molecule has 28 heteroatoms. The van der Waals surface area contributed by atoms with E-state index in [1.165, 1.54) is 116 Å². The number of amides is 2. The first kappa shape index (κ1) is 85.7. The lowest BCUT2D eigenvalue weighted by molar-refractivity contribution is -0.403. The molecule has 4 fully saturated rings. The van der Waals surface area contributed by atoms with Crippen LogP contribution in [0.25, 0.3) is 0 Å². The summed E-state index contributed by atoms with van der Waals surface area (Å²) >= 11 is 0. The van der Waals surface area contributed by atoms with Gasteiger partial charge in [0.05, 0.1) is 63.4 Å². The van der Waals surface area contributed by atoms with Crippen LogP contribution < -0.4 is 10.6 Å². The molecule has 0 aliphatic carbocycles. The Morgan fingerprint density at radius 3 is 1.48 bits per heavy atom. The van der Waals surface area contributed by atoms with Gasteiger partial charge in [0.25, 0.3) is 5.79 Å². The predicted octanol–water partition coefficient (Wildman–Crippen LogP) is 2.45. The van der Waals surface area contributed by atoms with Crippen LogP contribution in [0.15, 0.2) is 0 Å². The van der Waals surface area contributed by atoms with E-state index in [0.29, 0.717) is 19.3 Å². The number of aliphatic hydroxyl groups is 13. The number of aliphatic carboxylic acids is 1. The van der Waals surface area contributed by atoms with Crippen LogP contribution in [0.2, 0.25) is 0 Å². The van der Waals surface area contributed by atoms with Crippen molar-refractivity contribution in [3.05, 3.63) is 0 Å². The zero-order chi connectivity index (χ0) is 70.7. The third kappa shape index (κ3) is 27.9. The third-order valence-corrected chi connectivity index (χ3v) is 19.1. The summed E-state index contributed by atoms with van der Waals surface area (Å²) < 4.78 is 48.2. The van der Waals surface area contributed by atoms with Crippen molar-refractivity contribution in [2.75, 3.05) is 33.0 Å². The molecule has 1 unspecified atom stereocenters. The summed E-state index contributed by atoms with van der Waals surface area (Å²) in [7, 11) is 0. The summed E-state index contributed by atoms with van der Waals surface area (Å²) in [6, 6.07) is -2.69. The highest BCUT2D eigenvalue weighted by atomic mass is 16.8. The summed E-state index contributed by atoms with van der Waals surface area (Å²) in [5, 5.41) is 161. The molecule has 0 radical (unpaired) electrons. The van der Waals surface area contributed by atoms with Gasteiger partial charge in [0.2, 0.25) is 11.8 Å². The first-order chi connectivity index (χ1) is 46.0. The zero-order valence-electron chi connectivity index (χ0n) is 57.5. The molecule has 0 saturated carbocycles. The molecule has 4 saturated heterocycles. The van der Waals surface area contributed by atoms with Crippen LogP contribution in [0.5, 0.6) is 0 Å². The maximum Gasteiger partial charge on any atom is 0.364 e. The van der Waals surface area contributed by atoms with Crippen LogP contribution >= 0.6 is 0 Å². The normalized spacial score (nSPS) is 32.3. The molecule has 0 aromatic rings. The smallest absolute Gasteiger partial charge is 0.364 e. The Morgan fingerprint density at radius 1 is 0.531 bits per heavy atom. The highest BCUT2D eigenvalue weighted by Gasteiger charge is 2.61. The van der Waals surface area contributed by atoms with Crippen molar-refractivity contribution in [2.45, 2.75) is 368 Å². The fourth-order valence-electron chi connectivity index (χ4n) is 13.4. The Kier molecular flexibility index (Phi) is 41.7. The quantitative estimate of drug-likeness (QED) is 0.0389. The summed E-state index contributed by atoms with van der Waals surface area (Å²) in [6.07, 6.45) is -6.14. The van der Waals surface area contributed by atoms with Crippen LogP contribution in [-0.4, -0.2) is 262 Å². The zero-order valence-corrected chi connectivity index (χ0v) is 57.5. The fraction of sp³-hybridized carbons (Fsp3) is 0.941. The van der Waals surface area contributed by atoms with Gasteiger partial charge in [-0.3, -0.25) is 9.59 Å². The Labute approximate surface area is 567 Å². The lowest BCUT2D eigenvalue weighted by Crippen LogP contribution is -2.71. The molecule has 0 aromatic carbocycles. The number of ketones is 1. The number of carbonyl (C=O) groups is 4. The van der Waals surface area contributed by atoms with E-state index in [1.807, 2.05) is 0 Å². The molecule has 2 amide bonds. The minimum Gasteiger partial charge on any atom is -0.477 e. The number of nitrogens with one attached hydrogen (secondary N) is 2. The molecular weight excluding hydrogens is 1260 g/mol. The van der Waals surface area contributed by atoms with E-state index < -0.39 is 204 Å². The number of carboxylic acid groups (broad SMARTS) is 1. The second-order valence-electron chi connectivity index (χ2n) is 27.2. The van der Waals surface area contributed by atoms with Crippen molar-refractivity contribution in [3.8, 4) is 0 Å². The minimum absolute atomic E-state index is 0.189. The maximum absolute atomic E-state index is 13.6. The van der Waals surface area contributed by atoms with Gasteiger partial charge in [0, 0.05) is 32.1 Å². The SMILES string of the molecule is CCCCCCCCCCCCCCCCCC(=O)N[C@@H](CO[C@@H]1O[C@H](CO)[C@@H](O[C@@H]2O[C@H](CO)[C@H](O[C@@H]3O[C@H](CO)[C@H](O)[C@H](O)[C@H]3CC(C)=O)[C@H](O[C@]3(C(=O)O)C[C@H](O)[C@@H](NC(C)=O)C([C@H](O)[C@H](O)CO)O3)[C@H]2O)[C@H](O)[C@H]1O)[C@H](O)CCCCCCCCCCCCCCC. The monoisotopic (exact) mass is 1380 g/mol. The van der Waals surface area contributed by atoms with E-state index in [9.17, 15) is 90.7 Å². The van der Waals surface area contributed by atoms with Crippen molar-refractivity contribution >= 4 is 23.6 Å². The summed E-state index contributed by atoms with van der Waals surface area (Å²) in [4.78, 5) is 52.1. The van der Waals surface area contributed by atoms with Crippen LogP contribution in [0.3, 0.4) is 0 Å². The van der Waals surface area contributed by atoms with E-state index in [1.54, 1.807) is 0 Å². The standard InChI is InChI=1S/C68H124N2O26/c1-5-7-9-11-13-15-17-19-20-22-24-26-28-30-32-34-52(80)70-45(46(77)33-31-29-27-25-23-21-18-16-14-12-10-8-6-2)41-89-65-58(85)57(84)60(50(39-73)91-65)93-66-59(86)63(61(51(40-74)92-66)94-64-44(35-42(3)75)54(81)56(83)49(38-72)90-64)96-68(67(87)88)36-47(78)53(69-43(4)76)62(95-68)55(82)48(79)37-71/h44-51,53-66,71-74,77-79,81-86H,5-41H2,1-4H3,(H,69,76)(H,70,80)(H,87,88)/t44-,45+,46-,47+,48-,49-,50-,51-,53-,54-,55-,56+,57-,58-,59-,60-,61+,62?,63-,64+,65-,66+,68+/m1/s1. The van der Waals surface area contributed by atoms with Gasteiger partial charge >= 0.3 is 5.97 Å². The number of hydrogen-bond donors (Lipinski definition) is 16. The van der Waals surface area contributed by atoms with Crippen molar-refractivity contribution in [1.82, 2.24) is 10.6 Å². The number of hydrogen-bond acceptors (Lipinski definition) is 25. The summed E-state index contributed by atoms with van der Waals surface area (Å²) in [6.45, 7) is 2.00. The van der Waals surface area contributed by atoms with Gasteiger partial charge in [-0.25, -0.2) is 4.79 Å². The predicted molar refractivity (Wildman–Crippen MR) is 347 cm³/mol. The second kappa shape index (κ2) is 46.7. The lowest BCUT2D eigenvalue weighted by Gasteiger charge is -2.52. The first-order valence-electron chi connectivity index (χ1n) is 36.1. The number of Topliss-reactive ketones (excluding diaryl/α,β-unsaturated/α-hetero) is 1. The molecule has 0 bridgehead atoms. The highest BCUT2D eigenvalue weighted by Crippen LogP contribution is 2.41. The molecule has 16 N–H and O–H groups in total. The van der Waals surface area contributed by atoms with Crippen LogP contribution in [0.4, 0.5) is 0 Å². The molecule has 562 valence electrons. The highest BCUT2D eigenvalue weighted by molar-refractivity contribution is 5.77. The van der Waals surface area contributed by atoms with Gasteiger partial charge < -0.3 is 125 Å². The number of carboxylic acids is 1. The van der Waals surface area contributed by atoms with Crippen LogP contribution in [0, 0.1) is 5.92 Å². The third-order valence-electron chi connectivity index (χ3n) is 19.1. The van der Waals surface area contributed by atoms with E-state index in [2.05, 4.69) is 24.5 Å². The average Bonchev–Trinajstić information content (AvgIpc) is 0.752. The van der Waals surface area contributed by atoms with Gasteiger partial charge in [-0.2, -0.15) is 0 Å². The van der Waals surface area contributed by atoms with Crippen molar-refractivity contribution in [2.24, 2.45) is 5.92 Å². The molecule has 0 aromatic heterocycles. The first-order valence-corrected chi connectivity index (χ1v) is 36.1. The number of ether oxygens (including phenoxy) is 8. The van der Waals surface area contributed by atoms with E-state index in [-0.39, 0.29) is 12.3 Å². The van der Waals surface area contributed by atoms with Gasteiger partial charge in [-0.05, 0) is 19.8 Å². The number of unbranched alkanes of at least 4 members (excludes halogenated alkanes) is 26. The van der Waals surface area contributed by atoms with Gasteiger partial charge in [0.1, 0.15) is 85.1 Å². The summed E-state index contributed by atoms with van der Waals surface area (Å²) in [5.41, 5.74) is 0. The molecule has 28 nitrogen and oxygen atoms in total. The lowest BCUT2D eigenvalue weighted by atomic mass is 9.87. The second-order valence-corrected chi connectivity index (χ2v) is 27.2. The summed E-state index contributed by atoms with van der Waals surface area (Å²) in [5.74, 6) is -8.50. The van der Waals surface area contributed by atoms with E-state index in [0.717, 1.165) is 65.2 Å². The molecule has 0 spiro atoms. The molecule has 4 rings (SSSR count). The van der Waals surface area contributed by atoms with Crippen molar-refractivity contribution in [1.29, 1.82) is 0 Å². The number of aliphatic hydroxyl groups excluding tert-OH is 13.